The number of aromatic nitrogens is 4. The Bertz CT molecular complexity index is 706. The Morgan fingerprint density at radius 3 is 2.95 bits per heavy atom. The minimum absolute atomic E-state index is 0.0747. The summed E-state index contributed by atoms with van der Waals surface area (Å²) in [5.74, 6) is -0.590. The number of hydrogen-bond acceptors (Lipinski definition) is 5. The van der Waals surface area contributed by atoms with Gasteiger partial charge in [-0.2, -0.15) is 0 Å². The van der Waals surface area contributed by atoms with Crippen molar-refractivity contribution in [2.24, 2.45) is 0 Å². The summed E-state index contributed by atoms with van der Waals surface area (Å²) >= 11 is 1.11. The van der Waals surface area contributed by atoms with Crippen LogP contribution in [-0.2, 0) is 17.6 Å². The van der Waals surface area contributed by atoms with Gasteiger partial charge in [-0.05, 0) is 25.7 Å². The molecule has 0 spiro atoms. The van der Waals surface area contributed by atoms with Crippen LogP contribution in [-0.4, -0.2) is 36.4 Å². The van der Waals surface area contributed by atoms with E-state index in [0.29, 0.717) is 10.9 Å². The molecule has 0 atom stereocenters. The normalized spacial score (nSPS) is 14.5. The van der Waals surface area contributed by atoms with Crippen LogP contribution in [0.15, 0.2) is 9.95 Å². The molecule has 8 heteroatoms. The third-order valence-electron chi connectivity index (χ3n) is 3.17. The van der Waals surface area contributed by atoms with Gasteiger partial charge in [0.05, 0.1) is 5.75 Å². The van der Waals surface area contributed by atoms with Gasteiger partial charge >= 0.3 is 5.97 Å². The van der Waals surface area contributed by atoms with Crippen molar-refractivity contribution in [1.29, 1.82) is 0 Å². The Morgan fingerprint density at radius 2 is 2.16 bits per heavy atom. The van der Waals surface area contributed by atoms with E-state index in [9.17, 15) is 9.59 Å². The quantitative estimate of drug-likeness (QED) is 0.793. The Kier molecular flexibility index (Phi) is 3.02. The van der Waals surface area contributed by atoms with Crippen LogP contribution in [0.2, 0.25) is 0 Å². The number of aromatic amines is 1. The second-order valence-corrected chi connectivity index (χ2v) is 5.35. The molecule has 0 aromatic carbocycles. The lowest BCUT2D eigenvalue weighted by atomic mass is 9.97. The Morgan fingerprint density at radius 1 is 1.37 bits per heavy atom. The molecule has 3 rings (SSSR count). The number of aliphatic carboxylic acids is 1. The summed E-state index contributed by atoms with van der Waals surface area (Å²) in [5, 5.41) is 17.1. The van der Waals surface area contributed by atoms with Gasteiger partial charge in [0.25, 0.3) is 5.56 Å². The number of rotatable bonds is 3. The van der Waals surface area contributed by atoms with Crippen molar-refractivity contribution in [3.8, 4) is 0 Å². The van der Waals surface area contributed by atoms with E-state index in [1.54, 1.807) is 4.40 Å². The largest absolute Gasteiger partial charge is 0.481 e. The first-order valence-corrected chi connectivity index (χ1v) is 6.99. The smallest absolute Gasteiger partial charge is 0.313 e. The van der Waals surface area contributed by atoms with E-state index in [1.807, 2.05) is 0 Å². The summed E-state index contributed by atoms with van der Waals surface area (Å²) in [5.41, 5.74) is 1.59. The molecule has 0 saturated heterocycles. The van der Waals surface area contributed by atoms with Crippen molar-refractivity contribution < 1.29 is 9.90 Å². The molecule has 1 aliphatic carbocycles. The summed E-state index contributed by atoms with van der Waals surface area (Å²) in [6.45, 7) is 0. The van der Waals surface area contributed by atoms with Crippen molar-refractivity contribution >= 4 is 23.5 Å². The monoisotopic (exact) mass is 280 g/mol. The molecule has 2 aromatic rings. The lowest BCUT2D eigenvalue weighted by Gasteiger charge is -2.16. The van der Waals surface area contributed by atoms with Gasteiger partial charge in [0.15, 0.2) is 5.16 Å². The molecular weight excluding hydrogens is 268 g/mol. The zero-order valence-electron chi connectivity index (χ0n) is 10.0. The molecule has 2 heterocycles. The number of aryl methyl sites for hydroxylation is 1. The standard InChI is InChI=1S/C11H12N4O3S/c16-8(17)5-19-11-14-13-10-12-9(18)6-3-1-2-4-7(6)15(10)11/h1-5H2,(H,16,17)(H,12,13,18). The van der Waals surface area contributed by atoms with Gasteiger partial charge in [0.2, 0.25) is 5.78 Å². The van der Waals surface area contributed by atoms with Crippen LogP contribution < -0.4 is 5.56 Å². The lowest BCUT2D eigenvalue weighted by Crippen LogP contribution is -2.23. The molecule has 0 bridgehead atoms. The SMILES string of the molecule is O=C(O)CSc1nnc2[nH]c(=O)c3c(n12)CCCC3. The first-order chi connectivity index (χ1) is 9.16. The molecule has 2 N–H and O–H groups in total. The fraction of sp³-hybridized carbons (Fsp3) is 0.455. The summed E-state index contributed by atoms with van der Waals surface area (Å²) in [6, 6.07) is 0. The number of fused-ring (bicyclic) bond motifs is 3. The van der Waals surface area contributed by atoms with Gasteiger partial charge < -0.3 is 5.11 Å². The number of nitrogens with one attached hydrogen (secondary N) is 1. The van der Waals surface area contributed by atoms with E-state index in [0.717, 1.165) is 48.7 Å². The highest BCUT2D eigenvalue weighted by atomic mass is 32.2. The number of nitrogens with zero attached hydrogens (tertiary/aromatic N) is 3. The maximum Gasteiger partial charge on any atom is 0.313 e. The summed E-state index contributed by atoms with van der Waals surface area (Å²) < 4.78 is 1.78. The number of carbonyl (C=O) groups is 1. The van der Waals surface area contributed by atoms with E-state index >= 15 is 0 Å². The number of thioether (sulfide) groups is 1. The van der Waals surface area contributed by atoms with Gasteiger partial charge in [-0.3, -0.25) is 19.0 Å². The fourth-order valence-corrected chi connectivity index (χ4v) is 3.05. The van der Waals surface area contributed by atoms with Crippen LogP contribution in [0.4, 0.5) is 0 Å². The first-order valence-electron chi connectivity index (χ1n) is 6.00. The highest BCUT2D eigenvalue weighted by Crippen LogP contribution is 2.23. The van der Waals surface area contributed by atoms with Gasteiger partial charge in [-0.1, -0.05) is 11.8 Å². The van der Waals surface area contributed by atoms with Crippen molar-refractivity contribution in [3.05, 3.63) is 21.6 Å². The Hall–Kier alpha value is -1.83. The highest BCUT2D eigenvalue weighted by Gasteiger charge is 2.20. The van der Waals surface area contributed by atoms with Crippen LogP contribution in [0, 0.1) is 0 Å². The third-order valence-corrected chi connectivity index (χ3v) is 4.08. The minimum atomic E-state index is -0.903. The minimum Gasteiger partial charge on any atom is -0.481 e. The zero-order chi connectivity index (χ0) is 13.4. The molecule has 0 aliphatic heterocycles. The molecule has 0 unspecified atom stereocenters. The van der Waals surface area contributed by atoms with E-state index in [2.05, 4.69) is 15.2 Å². The first kappa shape index (κ1) is 12.2. The molecule has 100 valence electrons. The predicted octanol–water partition coefficient (Wildman–Crippen LogP) is 0.473. The lowest BCUT2D eigenvalue weighted by molar-refractivity contribution is -0.133. The number of hydrogen-bond donors (Lipinski definition) is 2. The molecule has 0 amide bonds. The molecule has 2 aromatic heterocycles. The Balaban J connectivity index is 2.15. The van der Waals surface area contributed by atoms with Gasteiger partial charge in [-0.25, -0.2) is 0 Å². The molecule has 19 heavy (non-hydrogen) atoms. The van der Waals surface area contributed by atoms with Crippen LogP contribution in [0.25, 0.3) is 5.78 Å². The predicted molar refractivity (Wildman–Crippen MR) is 68.6 cm³/mol. The maximum absolute atomic E-state index is 11.9. The van der Waals surface area contributed by atoms with Crippen molar-refractivity contribution in [1.82, 2.24) is 19.6 Å². The summed E-state index contributed by atoms with van der Waals surface area (Å²) in [4.78, 5) is 25.3. The van der Waals surface area contributed by atoms with Crippen LogP contribution in [0.5, 0.6) is 0 Å². The van der Waals surface area contributed by atoms with Crippen LogP contribution >= 0.6 is 11.8 Å². The average molecular weight is 280 g/mol. The van der Waals surface area contributed by atoms with Gasteiger partial charge in [-0.15, -0.1) is 10.2 Å². The van der Waals surface area contributed by atoms with E-state index in [1.165, 1.54) is 0 Å². The average Bonchev–Trinajstić information content (AvgIpc) is 2.80. The highest BCUT2D eigenvalue weighted by molar-refractivity contribution is 7.99. The third kappa shape index (κ3) is 2.12. The number of carboxylic acid groups (broad SMARTS) is 1. The summed E-state index contributed by atoms with van der Waals surface area (Å²) in [7, 11) is 0. The number of H-pyrrole nitrogens is 1. The molecule has 0 fully saturated rings. The molecule has 0 radical (unpaired) electrons. The molecule has 7 nitrogen and oxygen atoms in total. The molecular formula is C11H12N4O3S. The molecule has 0 saturated carbocycles. The van der Waals surface area contributed by atoms with Gasteiger partial charge in [0.1, 0.15) is 0 Å². The second kappa shape index (κ2) is 4.69. The van der Waals surface area contributed by atoms with Crippen molar-refractivity contribution in [3.63, 3.8) is 0 Å². The topological polar surface area (TPSA) is 100 Å². The zero-order valence-corrected chi connectivity index (χ0v) is 10.9. The Labute approximate surface area is 112 Å². The molecule has 1 aliphatic rings. The van der Waals surface area contributed by atoms with E-state index < -0.39 is 5.97 Å². The number of carboxylic acids is 1. The van der Waals surface area contributed by atoms with Crippen LogP contribution in [0.1, 0.15) is 24.1 Å². The van der Waals surface area contributed by atoms with Gasteiger partial charge in [0, 0.05) is 11.3 Å². The maximum atomic E-state index is 11.9. The fourth-order valence-electron chi connectivity index (χ4n) is 2.37. The van der Waals surface area contributed by atoms with E-state index in [-0.39, 0.29) is 11.3 Å². The van der Waals surface area contributed by atoms with E-state index in [4.69, 9.17) is 5.11 Å². The van der Waals surface area contributed by atoms with Crippen LogP contribution in [0.3, 0.4) is 0 Å². The van der Waals surface area contributed by atoms with Crippen molar-refractivity contribution in [2.75, 3.05) is 5.75 Å². The van der Waals surface area contributed by atoms with Crippen molar-refractivity contribution in [2.45, 2.75) is 30.8 Å². The summed E-state index contributed by atoms with van der Waals surface area (Å²) in [6.07, 6.45) is 3.57. The second-order valence-electron chi connectivity index (χ2n) is 4.41.